The second-order valence-electron chi connectivity index (χ2n) is 7.88. The fourth-order valence-corrected chi connectivity index (χ4v) is 3.95. The number of hydrogen-bond acceptors (Lipinski definition) is 3. The summed E-state index contributed by atoms with van der Waals surface area (Å²) in [5.74, 6) is -0.342. The van der Waals surface area contributed by atoms with Gasteiger partial charge >= 0.3 is 6.18 Å². The van der Waals surface area contributed by atoms with Crippen molar-refractivity contribution in [2.75, 3.05) is 43.4 Å². The zero-order valence-corrected chi connectivity index (χ0v) is 17.2. The number of carbonyl (C=O) groups is 1. The van der Waals surface area contributed by atoms with Gasteiger partial charge in [-0.1, -0.05) is 42.5 Å². The second kappa shape index (κ2) is 8.59. The molecule has 0 aromatic heterocycles. The summed E-state index contributed by atoms with van der Waals surface area (Å²) in [4.78, 5) is 17.0. The predicted molar refractivity (Wildman–Crippen MR) is 117 cm³/mol. The molecule has 4 nitrogen and oxygen atoms in total. The number of alkyl halides is 3. The molecule has 1 aliphatic heterocycles. The molecular formula is C24H24F3N3O. The largest absolute Gasteiger partial charge is 0.416 e. The molecule has 1 heterocycles. The SMILES string of the molecule is CN1CCN(c2ccc(C(F)(F)F)cc2NC(=O)Cc2cccc3ccccc23)CC1. The van der Waals surface area contributed by atoms with Gasteiger partial charge in [-0.2, -0.15) is 13.2 Å². The van der Waals surface area contributed by atoms with Gasteiger partial charge in [-0.3, -0.25) is 4.79 Å². The molecule has 1 N–H and O–H groups in total. The van der Waals surface area contributed by atoms with Crippen LogP contribution in [0.3, 0.4) is 0 Å². The zero-order valence-electron chi connectivity index (χ0n) is 17.2. The van der Waals surface area contributed by atoms with E-state index in [1.165, 1.54) is 6.07 Å². The number of piperazine rings is 1. The number of rotatable bonds is 4. The van der Waals surface area contributed by atoms with Crippen LogP contribution in [0.5, 0.6) is 0 Å². The third-order valence-electron chi connectivity index (χ3n) is 5.67. The van der Waals surface area contributed by atoms with E-state index in [0.29, 0.717) is 18.8 Å². The number of carbonyl (C=O) groups excluding carboxylic acids is 1. The molecule has 1 saturated heterocycles. The number of fused-ring (bicyclic) bond motifs is 1. The Morgan fingerprint density at radius 1 is 0.968 bits per heavy atom. The fraction of sp³-hybridized carbons (Fsp3) is 0.292. The van der Waals surface area contributed by atoms with Crippen LogP contribution in [0.25, 0.3) is 10.8 Å². The molecule has 3 aromatic rings. The first-order valence-electron chi connectivity index (χ1n) is 10.2. The predicted octanol–water partition coefficient (Wildman–Crippen LogP) is 4.79. The topological polar surface area (TPSA) is 35.6 Å². The van der Waals surface area contributed by atoms with Gasteiger partial charge in [0.25, 0.3) is 0 Å². The molecule has 162 valence electrons. The normalized spacial score (nSPS) is 15.3. The van der Waals surface area contributed by atoms with Crippen LogP contribution in [-0.4, -0.2) is 44.0 Å². The first kappa shape index (κ1) is 21.2. The Morgan fingerprint density at radius 3 is 2.42 bits per heavy atom. The number of likely N-dealkylation sites (N-methyl/N-ethyl adjacent to an activating group) is 1. The van der Waals surface area contributed by atoms with Crippen molar-refractivity contribution in [2.24, 2.45) is 0 Å². The van der Waals surface area contributed by atoms with Crippen LogP contribution in [0.4, 0.5) is 24.5 Å². The number of hydrogen-bond donors (Lipinski definition) is 1. The van der Waals surface area contributed by atoms with Crippen molar-refractivity contribution in [1.82, 2.24) is 4.90 Å². The van der Waals surface area contributed by atoms with E-state index < -0.39 is 11.7 Å². The van der Waals surface area contributed by atoms with Crippen molar-refractivity contribution in [2.45, 2.75) is 12.6 Å². The standard InChI is InChI=1S/C24H24F3N3O/c1-29-11-13-30(14-12-29)22-10-9-19(24(25,26)27)16-21(22)28-23(31)15-18-7-4-6-17-5-2-3-8-20(17)18/h2-10,16H,11-15H2,1H3,(H,28,31). The maximum atomic E-state index is 13.3. The highest BCUT2D eigenvalue weighted by molar-refractivity contribution is 5.98. The molecule has 0 saturated carbocycles. The Labute approximate surface area is 179 Å². The quantitative estimate of drug-likeness (QED) is 0.650. The van der Waals surface area contributed by atoms with Crippen molar-refractivity contribution < 1.29 is 18.0 Å². The number of nitrogens with zero attached hydrogens (tertiary/aromatic N) is 2. The van der Waals surface area contributed by atoms with Gasteiger partial charge in [0.1, 0.15) is 0 Å². The first-order chi connectivity index (χ1) is 14.8. The van der Waals surface area contributed by atoms with E-state index in [-0.39, 0.29) is 18.0 Å². The molecular weight excluding hydrogens is 403 g/mol. The number of benzene rings is 3. The smallest absolute Gasteiger partial charge is 0.367 e. The molecule has 0 bridgehead atoms. The summed E-state index contributed by atoms with van der Waals surface area (Å²) in [5.41, 5.74) is 0.881. The summed E-state index contributed by atoms with van der Waals surface area (Å²) in [7, 11) is 2.01. The molecule has 0 spiro atoms. The minimum Gasteiger partial charge on any atom is -0.367 e. The molecule has 0 radical (unpaired) electrons. The lowest BCUT2D eigenvalue weighted by Gasteiger charge is -2.35. The fourth-order valence-electron chi connectivity index (χ4n) is 3.95. The maximum absolute atomic E-state index is 13.3. The second-order valence-corrected chi connectivity index (χ2v) is 7.88. The number of nitrogens with one attached hydrogen (secondary N) is 1. The lowest BCUT2D eigenvalue weighted by molar-refractivity contribution is -0.137. The molecule has 0 atom stereocenters. The monoisotopic (exact) mass is 427 g/mol. The van der Waals surface area contributed by atoms with Gasteiger partial charge in [0, 0.05) is 26.2 Å². The van der Waals surface area contributed by atoms with Crippen LogP contribution in [0.15, 0.2) is 60.7 Å². The molecule has 0 aliphatic carbocycles. The summed E-state index contributed by atoms with van der Waals surface area (Å²) in [6, 6.07) is 17.0. The van der Waals surface area contributed by atoms with Crippen molar-refractivity contribution in [1.29, 1.82) is 0 Å². The van der Waals surface area contributed by atoms with E-state index in [9.17, 15) is 18.0 Å². The first-order valence-corrected chi connectivity index (χ1v) is 10.2. The lowest BCUT2D eigenvalue weighted by atomic mass is 10.0. The van der Waals surface area contributed by atoms with E-state index >= 15 is 0 Å². The molecule has 1 fully saturated rings. The highest BCUT2D eigenvalue weighted by atomic mass is 19.4. The Balaban J connectivity index is 1.61. The van der Waals surface area contributed by atoms with Crippen molar-refractivity contribution in [3.8, 4) is 0 Å². The van der Waals surface area contributed by atoms with Gasteiger partial charge in [0.05, 0.1) is 23.4 Å². The van der Waals surface area contributed by atoms with Crippen molar-refractivity contribution >= 4 is 28.1 Å². The van der Waals surface area contributed by atoms with Gasteiger partial charge in [-0.05, 0) is 41.6 Å². The molecule has 7 heteroatoms. The van der Waals surface area contributed by atoms with Crippen LogP contribution in [0.2, 0.25) is 0 Å². The van der Waals surface area contributed by atoms with Gasteiger partial charge in [0.2, 0.25) is 5.91 Å². The third kappa shape index (κ3) is 4.82. The Morgan fingerprint density at radius 2 is 1.68 bits per heavy atom. The average Bonchev–Trinajstić information content (AvgIpc) is 2.74. The average molecular weight is 427 g/mol. The molecule has 4 rings (SSSR count). The summed E-state index contributed by atoms with van der Waals surface area (Å²) in [6.07, 6.45) is -4.39. The number of amides is 1. The van der Waals surface area contributed by atoms with Crippen LogP contribution < -0.4 is 10.2 Å². The third-order valence-corrected chi connectivity index (χ3v) is 5.67. The molecule has 31 heavy (non-hydrogen) atoms. The molecule has 1 amide bonds. The summed E-state index contributed by atoms with van der Waals surface area (Å²) >= 11 is 0. The Hall–Kier alpha value is -3.06. The van der Waals surface area contributed by atoms with E-state index in [1.807, 2.05) is 54.4 Å². The van der Waals surface area contributed by atoms with Gasteiger partial charge in [-0.25, -0.2) is 0 Å². The Kier molecular flexibility index (Phi) is 5.87. The van der Waals surface area contributed by atoms with E-state index in [0.717, 1.165) is 41.6 Å². The van der Waals surface area contributed by atoms with Crippen LogP contribution in [0, 0.1) is 0 Å². The minimum absolute atomic E-state index is 0.0831. The lowest BCUT2D eigenvalue weighted by Crippen LogP contribution is -2.44. The number of halogens is 3. The highest BCUT2D eigenvalue weighted by Crippen LogP contribution is 2.36. The summed E-state index contributed by atoms with van der Waals surface area (Å²) in [6.45, 7) is 3.00. The molecule has 0 unspecified atom stereocenters. The van der Waals surface area contributed by atoms with Crippen molar-refractivity contribution in [3.05, 3.63) is 71.8 Å². The van der Waals surface area contributed by atoms with E-state index in [1.54, 1.807) is 0 Å². The van der Waals surface area contributed by atoms with Gasteiger partial charge in [0.15, 0.2) is 0 Å². The Bertz CT molecular complexity index is 1080. The van der Waals surface area contributed by atoms with Crippen molar-refractivity contribution in [3.63, 3.8) is 0 Å². The summed E-state index contributed by atoms with van der Waals surface area (Å²) < 4.78 is 40.0. The highest BCUT2D eigenvalue weighted by Gasteiger charge is 2.32. The van der Waals surface area contributed by atoms with E-state index in [2.05, 4.69) is 10.2 Å². The molecule has 3 aromatic carbocycles. The molecule has 1 aliphatic rings. The van der Waals surface area contributed by atoms with Crippen LogP contribution >= 0.6 is 0 Å². The van der Waals surface area contributed by atoms with Crippen LogP contribution in [-0.2, 0) is 17.4 Å². The van der Waals surface area contributed by atoms with E-state index in [4.69, 9.17) is 0 Å². The van der Waals surface area contributed by atoms with Gasteiger partial charge in [-0.15, -0.1) is 0 Å². The maximum Gasteiger partial charge on any atom is 0.416 e. The minimum atomic E-state index is -4.48. The van der Waals surface area contributed by atoms with Crippen LogP contribution in [0.1, 0.15) is 11.1 Å². The summed E-state index contributed by atoms with van der Waals surface area (Å²) in [5, 5.41) is 4.73. The van der Waals surface area contributed by atoms with Gasteiger partial charge < -0.3 is 15.1 Å². The zero-order chi connectivity index (χ0) is 22.0. The number of anilines is 2.